The van der Waals surface area contributed by atoms with Crippen molar-refractivity contribution in [2.45, 2.75) is 25.5 Å². The molecule has 0 radical (unpaired) electrons. The smallest absolute Gasteiger partial charge is 0.333 e. The lowest BCUT2D eigenvalue weighted by Gasteiger charge is -2.19. The zero-order chi connectivity index (χ0) is 18.7. The molecule has 3 rings (SSSR count). The zero-order valence-electron chi connectivity index (χ0n) is 14.3. The molecule has 1 saturated carbocycles. The standard InChI is InChI=1S/C17H22N4O4S/c1-11-13(9-25-26(18,23)24)7-15(17(11)22)21-16-8-14(19-10-20-16)12-5-3-2-4-6-12/h2-6,8,10-11,13,15,17,22H,7,9H2,1H3,(H2,18,23,24)(H,19,20,21)/t11-,13-,15-,17-/m1/s1. The van der Waals surface area contributed by atoms with Crippen LogP contribution >= 0.6 is 0 Å². The first-order valence-corrected chi connectivity index (χ1v) is 9.80. The fourth-order valence-corrected chi connectivity index (χ4v) is 3.63. The van der Waals surface area contributed by atoms with Gasteiger partial charge in [0.25, 0.3) is 0 Å². The number of hydrogen-bond acceptors (Lipinski definition) is 7. The Kier molecular flexibility index (Phi) is 5.52. The van der Waals surface area contributed by atoms with E-state index in [1.54, 1.807) is 0 Å². The molecule has 0 bridgehead atoms. The molecule has 2 aromatic rings. The lowest BCUT2D eigenvalue weighted by Crippen LogP contribution is -2.31. The average Bonchev–Trinajstić information content (AvgIpc) is 2.88. The van der Waals surface area contributed by atoms with Crippen LogP contribution in [0.15, 0.2) is 42.7 Å². The van der Waals surface area contributed by atoms with Crippen molar-refractivity contribution in [3.8, 4) is 11.3 Å². The fourth-order valence-electron chi connectivity index (χ4n) is 3.26. The van der Waals surface area contributed by atoms with Gasteiger partial charge >= 0.3 is 10.3 Å². The summed E-state index contributed by atoms with van der Waals surface area (Å²) in [6.45, 7) is 1.81. The summed E-state index contributed by atoms with van der Waals surface area (Å²) >= 11 is 0. The van der Waals surface area contributed by atoms with E-state index in [-0.39, 0.29) is 24.5 Å². The maximum atomic E-state index is 11.0. The van der Waals surface area contributed by atoms with Gasteiger partial charge in [0.2, 0.25) is 0 Å². The summed E-state index contributed by atoms with van der Waals surface area (Å²) in [7, 11) is -3.99. The van der Waals surface area contributed by atoms with E-state index in [2.05, 4.69) is 15.3 Å². The Hall–Kier alpha value is -2.07. The van der Waals surface area contributed by atoms with Gasteiger partial charge in [-0.2, -0.15) is 8.42 Å². The molecule has 26 heavy (non-hydrogen) atoms. The van der Waals surface area contributed by atoms with Gasteiger partial charge in [-0.15, -0.1) is 0 Å². The first-order valence-electron chi connectivity index (χ1n) is 8.32. The number of aliphatic hydroxyl groups excluding tert-OH is 1. The quantitative estimate of drug-likeness (QED) is 0.688. The maximum absolute atomic E-state index is 11.0. The minimum atomic E-state index is -3.99. The summed E-state index contributed by atoms with van der Waals surface area (Å²) in [6.07, 6.45) is 1.36. The summed E-state index contributed by atoms with van der Waals surface area (Å²) < 4.78 is 26.7. The highest BCUT2D eigenvalue weighted by Gasteiger charge is 2.40. The Morgan fingerprint density at radius 3 is 2.73 bits per heavy atom. The van der Waals surface area contributed by atoms with E-state index in [1.165, 1.54) is 6.33 Å². The topological polar surface area (TPSA) is 127 Å². The van der Waals surface area contributed by atoms with Gasteiger partial charge in [-0.05, 0) is 18.3 Å². The van der Waals surface area contributed by atoms with Crippen molar-refractivity contribution in [2.75, 3.05) is 11.9 Å². The van der Waals surface area contributed by atoms with Crippen LogP contribution < -0.4 is 10.5 Å². The van der Waals surface area contributed by atoms with E-state index in [0.717, 1.165) is 11.3 Å². The highest BCUT2D eigenvalue weighted by Crippen LogP contribution is 2.34. The SMILES string of the molecule is C[C@@H]1[C@@H](COS(N)(=O)=O)C[C@@H](Nc2cc(-c3ccccc3)ncn2)[C@@H]1O. The predicted octanol–water partition coefficient (Wildman–Crippen LogP) is 1.16. The van der Waals surface area contributed by atoms with Crippen LogP contribution in [-0.4, -0.2) is 42.2 Å². The van der Waals surface area contributed by atoms with Crippen molar-refractivity contribution in [2.24, 2.45) is 17.0 Å². The number of benzene rings is 1. The molecule has 0 amide bonds. The van der Waals surface area contributed by atoms with Crippen molar-refractivity contribution in [3.63, 3.8) is 0 Å². The van der Waals surface area contributed by atoms with Gasteiger partial charge in [0.05, 0.1) is 24.4 Å². The Morgan fingerprint density at radius 1 is 1.31 bits per heavy atom. The average molecular weight is 378 g/mol. The number of aliphatic hydroxyl groups is 1. The highest BCUT2D eigenvalue weighted by atomic mass is 32.2. The molecule has 0 aliphatic heterocycles. The van der Waals surface area contributed by atoms with Crippen LogP contribution in [0.3, 0.4) is 0 Å². The summed E-state index contributed by atoms with van der Waals surface area (Å²) in [6, 6.07) is 11.3. The molecular formula is C17H22N4O4S. The Bertz CT molecular complexity index is 847. The van der Waals surface area contributed by atoms with Crippen molar-refractivity contribution < 1.29 is 17.7 Å². The predicted molar refractivity (Wildman–Crippen MR) is 97.2 cm³/mol. The monoisotopic (exact) mass is 378 g/mol. The first-order chi connectivity index (χ1) is 12.3. The van der Waals surface area contributed by atoms with Gasteiger partial charge < -0.3 is 10.4 Å². The van der Waals surface area contributed by atoms with Crippen LogP contribution in [0.1, 0.15) is 13.3 Å². The molecule has 8 nitrogen and oxygen atoms in total. The van der Waals surface area contributed by atoms with E-state index in [4.69, 9.17) is 9.32 Å². The van der Waals surface area contributed by atoms with E-state index in [0.29, 0.717) is 12.2 Å². The molecule has 0 unspecified atom stereocenters. The van der Waals surface area contributed by atoms with E-state index in [1.807, 2.05) is 43.3 Å². The fraction of sp³-hybridized carbons (Fsp3) is 0.412. The molecule has 1 fully saturated rings. The molecule has 1 aromatic heterocycles. The molecule has 1 aromatic carbocycles. The molecule has 4 atom stereocenters. The summed E-state index contributed by atoms with van der Waals surface area (Å²) in [4.78, 5) is 8.49. The van der Waals surface area contributed by atoms with Crippen molar-refractivity contribution in [1.29, 1.82) is 0 Å². The Balaban J connectivity index is 1.69. The van der Waals surface area contributed by atoms with E-state index in [9.17, 15) is 13.5 Å². The molecule has 1 aliphatic carbocycles. The van der Waals surface area contributed by atoms with Gasteiger partial charge in [0.15, 0.2) is 0 Å². The van der Waals surface area contributed by atoms with Crippen molar-refractivity contribution in [1.82, 2.24) is 9.97 Å². The van der Waals surface area contributed by atoms with Crippen LogP contribution in [0.2, 0.25) is 0 Å². The number of anilines is 1. The molecule has 0 spiro atoms. The van der Waals surface area contributed by atoms with E-state index < -0.39 is 16.4 Å². The number of nitrogens with zero attached hydrogens (tertiary/aromatic N) is 2. The summed E-state index contributed by atoms with van der Waals surface area (Å²) in [5.41, 5.74) is 1.75. The Labute approximate surface area is 152 Å². The Morgan fingerprint density at radius 2 is 2.04 bits per heavy atom. The number of hydrogen-bond donors (Lipinski definition) is 3. The van der Waals surface area contributed by atoms with Crippen LogP contribution in [0.25, 0.3) is 11.3 Å². The number of rotatable bonds is 6. The van der Waals surface area contributed by atoms with Gasteiger partial charge in [0.1, 0.15) is 12.1 Å². The van der Waals surface area contributed by atoms with Crippen LogP contribution in [0.4, 0.5) is 5.82 Å². The largest absolute Gasteiger partial charge is 0.391 e. The van der Waals surface area contributed by atoms with Crippen molar-refractivity contribution >= 4 is 16.1 Å². The van der Waals surface area contributed by atoms with Crippen molar-refractivity contribution in [3.05, 3.63) is 42.7 Å². The van der Waals surface area contributed by atoms with Gasteiger partial charge in [-0.1, -0.05) is 37.3 Å². The third-order valence-corrected chi connectivity index (χ3v) is 5.23. The second-order valence-corrected chi connectivity index (χ2v) is 7.75. The molecule has 1 heterocycles. The molecule has 0 saturated heterocycles. The van der Waals surface area contributed by atoms with Gasteiger partial charge in [-0.25, -0.2) is 15.1 Å². The molecule has 4 N–H and O–H groups in total. The second-order valence-electron chi connectivity index (χ2n) is 6.53. The number of aromatic nitrogens is 2. The lowest BCUT2D eigenvalue weighted by atomic mass is 9.98. The van der Waals surface area contributed by atoms with Crippen LogP contribution in [0.5, 0.6) is 0 Å². The number of nitrogens with one attached hydrogen (secondary N) is 1. The number of nitrogens with two attached hydrogens (primary N) is 1. The first kappa shape index (κ1) is 18.7. The lowest BCUT2D eigenvalue weighted by molar-refractivity contribution is 0.108. The third kappa shape index (κ3) is 4.55. The normalized spacial score (nSPS) is 26.0. The summed E-state index contributed by atoms with van der Waals surface area (Å²) in [5.74, 6) is 0.337. The minimum absolute atomic E-state index is 0.0473. The van der Waals surface area contributed by atoms with Gasteiger partial charge in [-0.3, -0.25) is 4.18 Å². The highest BCUT2D eigenvalue weighted by molar-refractivity contribution is 7.84. The third-order valence-electron chi connectivity index (χ3n) is 4.77. The maximum Gasteiger partial charge on any atom is 0.333 e. The second kappa shape index (κ2) is 7.67. The molecule has 1 aliphatic rings. The zero-order valence-corrected chi connectivity index (χ0v) is 15.1. The van der Waals surface area contributed by atoms with E-state index >= 15 is 0 Å². The molecule has 9 heteroatoms. The van der Waals surface area contributed by atoms with Crippen LogP contribution in [0, 0.1) is 11.8 Å². The minimum Gasteiger partial charge on any atom is -0.391 e. The van der Waals surface area contributed by atoms with Gasteiger partial charge in [0, 0.05) is 11.6 Å². The molecule has 140 valence electrons. The summed E-state index contributed by atoms with van der Waals surface area (Å²) in [5, 5.41) is 18.6. The van der Waals surface area contributed by atoms with Crippen LogP contribution in [-0.2, 0) is 14.5 Å². The molecular weight excluding hydrogens is 356 g/mol.